The van der Waals surface area contributed by atoms with Crippen molar-refractivity contribution in [2.24, 2.45) is 14.1 Å². The topological polar surface area (TPSA) is 79.8 Å². The van der Waals surface area contributed by atoms with E-state index in [0.29, 0.717) is 6.54 Å². The third-order valence-corrected chi connectivity index (χ3v) is 3.72. The number of aryl methyl sites for hydroxylation is 1. The monoisotopic (exact) mass is 298 g/mol. The molecule has 114 valence electrons. The molecule has 1 N–H and O–H groups in total. The van der Waals surface area contributed by atoms with Crippen molar-refractivity contribution in [1.82, 2.24) is 9.13 Å². The van der Waals surface area contributed by atoms with Crippen molar-refractivity contribution < 1.29 is 0 Å². The number of anilines is 1. The summed E-state index contributed by atoms with van der Waals surface area (Å²) in [6, 6.07) is 9.89. The molecule has 2 aromatic rings. The highest BCUT2D eigenvalue weighted by atomic mass is 16.2. The SMILES string of the molecule is Cc1ccccc1CCNc1c(C#N)c(=O)n(C)c(=O)n1C. The van der Waals surface area contributed by atoms with Crippen LogP contribution in [-0.2, 0) is 20.5 Å². The van der Waals surface area contributed by atoms with Crippen molar-refractivity contribution in [3.63, 3.8) is 0 Å². The van der Waals surface area contributed by atoms with Gasteiger partial charge >= 0.3 is 5.69 Å². The molecule has 0 atom stereocenters. The maximum Gasteiger partial charge on any atom is 0.332 e. The lowest BCUT2D eigenvalue weighted by atomic mass is 10.1. The number of nitriles is 1. The van der Waals surface area contributed by atoms with Crippen LogP contribution in [0.4, 0.5) is 5.82 Å². The molecule has 0 aliphatic carbocycles. The summed E-state index contributed by atoms with van der Waals surface area (Å²) < 4.78 is 2.23. The number of rotatable bonds is 4. The lowest BCUT2D eigenvalue weighted by Crippen LogP contribution is -2.40. The first-order valence-corrected chi connectivity index (χ1v) is 6.96. The normalized spacial score (nSPS) is 10.3. The van der Waals surface area contributed by atoms with Crippen LogP contribution in [0.1, 0.15) is 16.7 Å². The molecule has 2 rings (SSSR count). The van der Waals surface area contributed by atoms with Crippen LogP contribution in [0, 0.1) is 18.3 Å². The zero-order valence-corrected chi connectivity index (χ0v) is 12.9. The fraction of sp³-hybridized carbons (Fsp3) is 0.312. The highest BCUT2D eigenvalue weighted by Crippen LogP contribution is 2.10. The summed E-state index contributed by atoms with van der Waals surface area (Å²) in [5, 5.41) is 12.2. The summed E-state index contributed by atoms with van der Waals surface area (Å²) in [6.45, 7) is 2.56. The van der Waals surface area contributed by atoms with Crippen LogP contribution in [0.3, 0.4) is 0 Å². The summed E-state index contributed by atoms with van der Waals surface area (Å²) in [5.74, 6) is 0.268. The van der Waals surface area contributed by atoms with Gasteiger partial charge in [-0.3, -0.25) is 13.9 Å². The van der Waals surface area contributed by atoms with Crippen LogP contribution < -0.4 is 16.6 Å². The van der Waals surface area contributed by atoms with E-state index in [4.69, 9.17) is 0 Å². The zero-order chi connectivity index (χ0) is 16.3. The maximum atomic E-state index is 12.0. The molecule has 0 saturated carbocycles. The molecule has 1 heterocycles. The van der Waals surface area contributed by atoms with E-state index in [9.17, 15) is 14.9 Å². The molecule has 1 aromatic heterocycles. The second-order valence-corrected chi connectivity index (χ2v) is 5.14. The van der Waals surface area contributed by atoms with E-state index < -0.39 is 11.2 Å². The molecule has 0 radical (unpaired) electrons. The van der Waals surface area contributed by atoms with Crippen molar-refractivity contribution in [2.75, 3.05) is 11.9 Å². The van der Waals surface area contributed by atoms with E-state index in [-0.39, 0.29) is 11.4 Å². The zero-order valence-electron chi connectivity index (χ0n) is 12.9. The summed E-state index contributed by atoms with van der Waals surface area (Å²) in [6.07, 6.45) is 0.737. The van der Waals surface area contributed by atoms with Crippen LogP contribution in [-0.4, -0.2) is 15.7 Å². The molecule has 6 nitrogen and oxygen atoms in total. The molecule has 0 unspecified atom stereocenters. The molecule has 0 fully saturated rings. The summed E-state index contributed by atoms with van der Waals surface area (Å²) in [5.41, 5.74) is 1.28. The van der Waals surface area contributed by atoms with Gasteiger partial charge < -0.3 is 5.32 Å². The molecule has 1 aromatic carbocycles. The molecule has 0 aliphatic heterocycles. The number of aromatic nitrogens is 2. The Hall–Kier alpha value is -2.81. The van der Waals surface area contributed by atoms with Gasteiger partial charge in [0.15, 0.2) is 5.56 Å². The van der Waals surface area contributed by atoms with E-state index in [1.54, 1.807) is 7.05 Å². The first kappa shape index (κ1) is 15.6. The molecule has 0 amide bonds. The van der Waals surface area contributed by atoms with Crippen LogP contribution in [0.5, 0.6) is 0 Å². The molecule has 0 bridgehead atoms. The predicted molar refractivity (Wildman–Crippen MR) is 85.0 cm³/mol. The van der Waals surface area contributed by atoms with Gasteiger partial charge in [-0.25, -0.2) is 4.79 Å². The third-order valence-electron chi connectivity index (χ3n) is 3.72. The first-order chi connectivity index (χ1) is 10.5. The smallest absolute Gasteiger partial charge is 0.332 e. The van der Waals surface area contributed by atoms with Crippen LogP contribution in [0.2, 0.25) is 0 Å². The Kier molecular flexibility index (Phi) is 4.47. The molecular weight excluding hydrogens is 280 g/mol. The van der Waals surface area contributed by atoms with Gasteiger partial charge in [0.25, 0.3) is 5.56 Å². The van der Waals surface area contributed by atoms with E-state index in [1.807, 2.05) is 37.3 Å². The van der Waals surface area contributed by atoms with Gasteiger partial charge in [-0.05, 0) is 24.5 Å². The maximum absolute atomic E-state index is 12.0. The Morgan fingerprint density at radius 1 is 1.18 bits per heavy atom. The largest absolute Gasteiger partial charge is 0.370 e. The molecule has 0 spiro atoms. The number of hydrogen-bond donors (Lipinski definition) is 1. The van der Waals surface area contributed by atoms with Crippen LogP contribution in [0.15, 0.2) is 33.9 Å². The van der Waals surface area contributed by atoms with Crippen molar-refractivity contribution >= 4 is 5.82 Å². The Balaban J connectivity index is 2.28. The molecule has 22 heavy (non-hydrogen) atoms. The Labute approximate surface area is 128 Å². The molecule has 0 saturated heterocycles. The van der Waals surface area contributed by atoms with Gasteiger partial charge in [-0.15, -0.1) is 0 Å². The second kappa shape index (κ2) is 6.31. The predicted octanol–water partition coefficient (Wildman–Crippen LogP) is 0.919. The van der Waals surface area contributed by atoms with Gasteiger partial charge in [0.05, 0.1) is 0 Å². The Morgan fingerprint density at radius 3 is 2.50 bits per heavy atom. The average Bonchev–Trinajstić information content (AvgIpc) is 2.52. The van der Waals surface area contributed by atoms with Crippen LogP contribution >= 0.6 is 0 Å². The fourth-order valence-corrected chi connectivity index (χ4v) is 2.36. The Bertz CT molecular complexity index is 856. The van der Waals surface area contributed by atoms with E-state index in [1.165, 1.54) is 22.7 Å². The summed E-state index contributed by atoms with van der Waals surface area (Å²) in [7, 11) is 2.90. The number of hydrogen-bond acceptors (Lipinski definition) is 4. The van der Waals surface area contributed by atoms with Gasteiger partial charge in [0, 0.05) is 20.6 Å². The van der Waals surface area contributed by atoms with E-state index in [2.05, 4.69) is 5.32 Å². The van der Waals surface area contributed by atoms with E-state index >= 15 is 0 Å². The number of nitrogens with one attached hydrogen (secondary N) is 1. The van der Waals surface area contributed by atoms with E-state index in [0.717, 1.165) is 11.0 Å². The number of benzene rings is 1. The second-order valence-electron chi connectivity index (χ2n) is 5.14. The molecule has 6 heteroatoms. The minimum atomic E-state index is -0.580. The van der Waals surface area contributed by atoms with Gasteiger partial charge in [0.1, 0.15) is 11.9 Å². The van der Waals surface area contributed by atoms with Crippen LogP contribution in [0.25, 0.3) is 0 Å². The quantitative estimate of drug-likeness (QED) is 0.910. The first-order valence-electron chi connectivity index (χ1n) is 6.96. The average molecular weight is 298 g/mol. The molecular formula is C16H18N4O2. The highest BCUT2D eigenvalue weighted by molar-refractivity contribution is 5.51. The van der Waals surface area contributed by atoms with Crippen molar-refractivity contribution in [3.05, 3.63) is 61.8 Å². The highest BCUT2D eigenvalue weighted by Gasteiger charge is 2.14. The lowest BCUT2D eigenvalue weighted by Gasteiger charge is -2.14. The minimum Gasteiger partial charge on any atom is -0.370 e. The van der Waals surface area contributed by atoms with Gasteiger partial charge in [-0.2, -0.15) is 5.26 Å². The fourth-order valence-electron chi connectivity index (χ4n) is 2.36. The minimum absolute atomic E-state index is 0.0469. The Morgan fingerprint density at radius 2 is 1.86 bits per heavy atom. The third kappa shape index (κ3) is 2.79. The number of nitrogens with zero attached hydrogens (tertiary/aromatic N) is 3. The van der Waals surface area contributed by atoms with Gasteiger partial charge in [-0.1, -0.05) is 24.3 Å². The van der Waals surface area contributed by atoms with Gasteiger partial charge in [0.2, 0.25) is 0 Å². The van der Waals surface area contributed by atoms with Crippen molar-refractivity contribution in [2.45, 2.75) is 13.3 Å². The molecule has 0 aliphatic rings. The standard InChI is InChI=1S/C16H18N4O2/c1-11-6-4-5-7-12(11)8-9-18-14-13(10-17)15(21)20(3)16(22)19(14)2/h4-7,18H,8-9H2,1-3H3. The van der Waals surface area contributed by atoms with Crippen molar-refractivity contribution in [1.29, 1.82) is 5.26 Å². The summed E-state index contributed by atoms with van der Waals surface area (Å²) in [4.78, 5) is 23.9. The van der Waals surface area contributed by atoms with Crippen molar-refractivity contribution in [3.8, 4) is 6.07 Å². The lowest BCUT2D eigenvalue weighted by molar-refractivity contribution is 0.685. The summed E-state index contributed by atoms with van der Waals surface area (Å²) >= 11 is 0.